The van der Waals surface area contributed by atoms with E-state index in [0.29, 0.717) is 0 Å². The van der Waals surface area contributed by atoms with Gasteiger partial charge in [0.15, 0.2) is 11.8 Å². The first-order chi connectivity index (χ1) is 11.3. The van der Waals surface area contributed by atoms with E-state index in [1.165, 1.54) is 12.8 Å². The van der Waals surface area contributed by atoms with Crippen LogP contribution in [0.3, 0.4) is 0 Å². The van der Waals surface area contributed by atoms with Crippen LogP contribution in [0.2, 0.25) is 0 Å². The number of aliphatic imine (C=N–C) groups is 1. The molecule has 1 saturated heterocycles. The van der Waals surface area contributed by atoms with E-state index in [1.807, 2.05) is 37.6 Å². The summed E-state index contributed by atoms with van der Waals surface area (Å²) < 4.78 is 1.77. The van der Waals surface area contributed by atoms with E-state index in [4.69, 9.17) is 0 Å². The van der Waals surface area contributed by atoms with Crippen LogP contribution in [0.25, 0.3) is 5.82 Å². The Hall–Kier alpha value is -1.64. The first-order valence-corrected chi connectivity index (χ1v) is 8.17. The molecule has 0 amide bonds. The molecule has 1 atom stereocenters. The van der Waals surface area contributed by atoms with Crippen LogP contribution in [0.4, 0.5) is 0 Å². The van der Waals surface area contributed by atoms with Gasteiger partial charge in [-0.1, -0.05) is 6.92 Å². The molecule has 1 fully saturated rings. The fraction of sp³-hybridized carbons (Fsp3) is 0.471. The van der Waals surface area contributed by atoms with Crippen LogP contribution in [-0.2, 0) is 6.54 Å². The lowest BCUT2D eigenvalue weighted by molar-refractivity contribution is 0.266. The van der Waals surface area contributed by atoms with Gasteiger partial charge in [0.1, 0.15) is 0 Å². The Labute approximate surface area is 160 Å². The lowest BCUT2D eigenvalue weighted by atomic mass is 10.0. The van der Waals surface area contributed by atoms with Gasteiger partial charge < -0.3 is 10.2 Å². The third-order valence-corrected chi connectivity index (χ3v) is 4.17. The lowest BCUT2D eigenvalue weighted by Gasteiger charge is -2.33. The summed E-state index contributed by atoms with van der Waals surface area (Å²) in [6, 6.07) is 5.96. The fourth-order valence-corrected chi connectivity index (χ4v) is 3.00. The number of aromatic nitrogens is 3. The summed E-state index contributed by atoms with van der Waals surface area (Å²) in [5, 5.41) is 7.69. The maximum atomic E-state index is 4.43. The fourth-order valence-electron chi connectivity index (χ4n) is 3.00. The SMILES string of the molecule is CN=C(NCc1ccnc(-n2cccn2)c1)N1CCCC(C)C1.I. The first-order valence-electron chi connectivity index (χ1n) is 8.17. The van der Waals surface area contributed by atoms with E-state index in [1.54, 1.807) is 10.9 Å². The van der Waals surface area contributed by atoms with E-state index in [-0.39, 0.29) is 24.0 Å². The normalized spacial score (nSPS) is 18.2. The first kappa shape index (κ1) is 18.7. The number of rotatable bonds is 3. The number of pyridine rings is 1. The molecule has 0 aromatic carbocycles. The second-order valence-electron chi connectivity index (χ2n) is 6.07. The predicted molar refractivity (Wildman–Crippen MR) is 107 cm³/mol. The molecule has 130 valence electrons. The Kier molecular flexibility index (Phi) is 7.01. The molecule has 1 aliphatic heterocycles. The smallest absolute Gasteiger partial charge is 0.193 e. The van der Waals surface area contributed by atoms with Crippen LogP contribution in [0.15, 0.2) is 41.8 Å². The molecule has 6 nitrogen and oxygen atoms in total. The summed E-state index contributed by atoms with van der Waals surface area (Å²) in [5.41, 5.74) is 1.16. The van der Waals surface area contributed by atoms with Crippen LogP contribution in [-0.4, -0.2) is 45.8 Å². The molecule has 24 heavy (non-hydrogen) atoms. The number of guanidine groups is 1. The number of halogens is 1. The number of nitrogens with one attached hydrogen (secondary N) is 1. The van der Waals surface area contributed by atoms with Crippen molar-refractivity contribution in [1.29, 1.82) is 0 Å². The van der Waals surface area contributed by atoms with Gasteiger partial charge in [0.25, 0.3) is 0 Å². The molecule has 2 aromatic heterocycles. The van der Waals surface area contributed by atoms with Gasteiger partial charge in [-0.25, -0.2) is 9.67 Å². The summed E-state index contributed by atoms with van der Waals surface area (Å²) in [7, 11) is 1.85. The van der Waals surface area contributed by atoms with Crippen molar-refractivity contribution < 1.29 is 0 Å². The van der Waals surface area contributed by atoms with Crippen molar-refractivity contribution in [3.8, 4) is 5.82 Å². The number of piperidine rings is 1. The maximum absolute atomic E-state index is 4.43. The molecule has 1 N–H and O–H groups in total. The van der Waals surface area contributed by atoms with Crippen LogP contribution >= 0.6 is 24.0 Å². The van der Waals surface area contributed by atoms with Gasteiger partial charge >= 0.3 is 0 Å². The van der Waals surface area contributed by atoms with E-state index in [9.17, 15) is 0 Å². The Bertz CT molecular complexity index is 655. The molecule has 2 aromatic rings. The van der Waals surface area contributed by atoms with Crippen molar-refractivity contribution in [2.45, 2.75) is 26.3 Å². The molecule has 0 bridgehead atoms. The molecule has 0 aliphatic carbocycles. The van der Waals surface area contributed by atoms with Gasteiger partial charge in [0.2, 0.25) is 0 Å². The minimum absolute atomic E-state index is 0. The highest BCUT2D eigenvalue weighted by Gasteiger charge is 2.18. The summed E-state index contributed by atoms with van der Waals surface area (Å²) in [6.45, 7) is 5.19. The second-order valence-corrected chi connectivity index (χ2v) is 6.07. The number of likely N-dealkylation sites (tertiary alicyclic amines) is 1. The summed E-state index contributed by atoms with van der Waals surface area (Å²) in [6.07, 6.45) is 8.02. The molecule has 0 spiro atoms. The zero-order valence-corrected chi connectivity index (χ0v) is 16.6. The van der Waals surface area contributed by atoms with Crippen molar-refractivity contribution in [3.05, 3.63) is 42.4 Å². The number of hydrogen-bond donors (Lipinski definition) is 1. The van der Waals surface area contributed by atoms with Gasteiger partial charge in [-0.05, 0) is 42.5 Å². The van der Waals surface area contributed by atoms with Gasteiger partial charge in [0, 0.05) is 45.3 Å². The molecule has 3 heterocycles. The summed E-state index contributed by atoms with van der Waals surface area (Å²) in [5.74, 6) is 2.54. The number of nitrogens with zero attached hydrogens (tertiary/aromatic N) is 5. The highest BCUT2D eigenvalue weighted by Crippen LogP contribution is 2.15. The topological polar surface area (TPSA) is 58.3 Å². The molecular weight excluding hydrogens is 415 g/mol. The van der Waals surface area contributed by atoms with E-state index in [0.717, 1.165) is 42.9 Å². The van der Waals surface area contributed by atoms with Crippen molar-refractivity contribution in [3.63, 3.8) is 0 Å². The van der Waals surface area contributed by atoms with Gasteiger partial charge in [-0.15, -0.1) is 24.0 Å². The van der Waals surface area contributed by atoms with Crippen molar-refractivity contribution in [1.82, 2.24) is 25.0 Å². The highest BCUT2D eigenvalue weighted by atomic mass is 127. The zero-order valence-electron chi connectivity index (χ0n) is 14.2. The molecule has 0 saturated carbocycles. The molecule has 1 aliphatic rings. The van der Waals surface area contributed by atoms with Gasteiger partial charge in [-0.3, -0.25) is 4.99 Å². The third-order valence-electron chi connectivity index (χ3n) is 4.17. The number of hydrogen-bond acceptors (Lipinski definition) is 3. The van der Waals surface area contributed by atoms with Crippen LogP contribution in [0.1, 0.15) is 25.3 Å². The molecule has 7 heteroatoms. The van der Waals surface area contributed by atoms with Gasteiger partial charge in [-0.2, -0.15) is 5.10 Å². The minimum Gasteiger partial charge on any atom is -0.352 e. The van der Waals surface area contributed by atoms with Crippen LogP contribution in [0, 0.1) is 5.92 Å². The monoisotopic (exact) mass is 440 g/mol. The molecule has 3 rings (SSSR count). The van der Waals surface area contributed by atoms with Crippen molar-refractivity contribution >= 4 is 29.9 Å². The summed E-state index contributed by atoms with van der Waals surface area (Å²) >= 11 is 0. The average Bonchev–Trinajstić information content (AvgIpc) is 3.10. The molecule has 0 radical (unpaired) electrons. The standard InChI is InChI=1S/C17H24N6.HI/c1-14-5-3-9-22(13-14)17(18-2)20-12-15-6-8-19-16(11-15)23-10-4-7-21-23;/h4,6-8,10-11,14H,3,5,9,12-13H2,1-2H3,(H,18,20);1H. The summed E-state index contributed by atoms with van der Waals surface area (Å²) in [4.78, 5) is 11.1. The van der Waals surface area contributed by atoms with Gasteiger partial charge in [0.05, 0.1) is 0 Å². The van der Waals surface area contributed by atoms with Crippen LogP contribution in [0.5, 0.6) is 0 Å². The molecule has 1 unspecified atom stereocenters. The Morgan fingerprint density at radius 1 is 1.42 bits per heavy atom. The van der Waals surface area contributed by atoms with E-state index >= 15 is 0 Å². The predicted octanol–water partition coefficient (Wildman–Crippen LogP) is 2.69. The van der Waals surface area contributed by atoms with E-state index in [2.05, 4.69) is 32.2 Å². The quantitative estimate of drug-likeness (QED) is 0.453. The van der Waals surface area contributed by atoms with Crippen LogP contribution < -0.4 is 5.32 Å². The maximum Gasteiger partial charge on any atom is 0.193 e. The van der Waals surface area contributed by atoms with Crippen molar-refractivity contribution in [2.24, 2.45) is 10.9 Å². The zero-order chi connectivity index (χ0) is 16.1. The third kappa shape index (κ3) is 4.68. The van der Waals surface area contributed by atoms with Crippen molar-refractivity contribution in [2.75, 3.05) is 20.1 Å². The second kappa shape index (κ2) is 9.00. The highest BCUT2D eigenvalue weighted by molar-refractivity contribution is 14.0. The molecular formula is C17H25IN6. The Balaban J connectivity index is 0.00000208. The largest absolute Gasteiger partial charge is 0.352 e. The lowest BCUT2D eigenvalue weighted by Crippen LogP contribution is -2.45. The minimum atomic E-state index is 0. The Morgan fingerprint density at radius 3 is 3.00 bits per heavy atom. The van der Waals surface area contributed by atoms with E-state index < -0.39 is 0 Å². The Morgan fingerprint density at radius 2 is 2.29 bits per heavy atom. The average molecular weight is 440 g/mol.